The first kappa shape index (κ1) is 13.9. The summed E-state index contributed by atoms with van der Waals surface area (Å²) in [6.45, 7) is 1.92. The Morgan fingerprint density at radius 3 is 2.61 bits per heavy atom. The van der Waals surface area contributed by atoms with E-state index in [1.807, 2.05) is 25.9 Å². The van der Waals surface area contributed by atoms with Gasteiger partial charge >= 0.3 is 0 Å². The summed E-state index contributed by atoms with van der Waals surface area (Å²) >= 11 is 0. The van der Waals surface area contributed by atoms with Crippen LogP contribution in [0.25, 0.3) is 5.70 Å². The van der Waals surface area contributed by atoms with Crippen LogP contribution >= 0.6 is 0 Å². The predicted molar refractivity (Wildman–Crippen MR) is 74.2 cm³/mol. The average molecular weight is 247 g/mol. The lowest BCUT2D eigenvalue weighted by Crippen LogP contribution is -2.14. The molecule has 0 saturated heterocycles. The smallest absolute Gasteiger partial charge is 0.139 e. The zero-order valence-corrected chi connectivity index (χ0v) is 10.9. The van der Waals surface area contributed by atoms with E-state index < -0.39 is 0 Å². The van der Waals surface area contributed by atoms with Gasteiger partial charge in [-0.25, -0.2) is 4.39 Å². The van der Waals surface area contributed by atoms with Gasteiger partial charge in [0.15, 0.2) is 0 Å². The Bertz CT molecular complexity index is 522. The molecule has 3 nitrogen and oxygen atoms in total. The number of rotatable bonds is 2. The van der Waals surface area contributed by atoms with Crippen LogP contribution in [0.15, 0.2) is 18.3 Å². The molecule has 0 aromatic heterocycles. The van der Waals surface area contributed by atoms with Crippen LogP contribution in [0.3, 0.4) is 0 Å². The highest BCUT2D eigenvalue weighted by atomic mass is 19.1. The number of hydrogen-bond acceptors (Lipinski definition) is 3. The molecule has 0 fully saturated rings. The fourth-order valence-corrected chi connectivity index (χ4v) is 1.53. The van der Waals surface area contributed by atoms with E-state index in [9.17, 15) is 4.39 Å². The molecule has 4 N–H and O–H groups in total. The largest absolute Gasteiger partial charge is 0.403 e. The van der Waals surface area contributed by atoms with Gasteiger partial charge in [0.2, 0.25) is 0 Å². The topological polar surface area (TPSA) is 55.3 Å². The van der Waals surface area contributed by atoms with Crippen molar-refractivity contribution in [2.24, 2.45) is 11.5 Å². The number of benzene rings is 1. The van der Waals surface area contributed by atoms with Crippen LogP contribution in [-0.4, -0.2) is 14.1 Å². The van der Waals surface area contributed by atoms with E-state index in [1.165, 1.54) is 12.3 Å². The second-order valence-corrected chi connectivity index (χ2v) is 4.02. The number of anilines is 1. The summed E-state index contributed by atoms with van der Waals surface area (Å²) in [5.41, 5.74) is 13.2. The van der Waals surface area contributed by atoms with E-state index in [1.54, 1.807) is 6.07 Å². The number of nitrogens with two attached hydrogens (primary N) is 2. The molecule has 1 aromatic rings. The molecule has 0 atom stereocenters. The highest BCUT2D eigenvalue weighted by molar-refractivity contribution is 5.76. The Balaban J connectivity index is 3.44. The van der Waals surface area contributed by atoms with Crippen molar-refractivity contribution in [3.63, 3.8) is 0 Å². The maximum Gasteiger partial charge on any atom is 0.139 e. The normalized spacial score (nSPS) is 10.8. The molecule has 96 valence electrons. The molecule has 4 heteroatoms. The van der Waals surface area contributed by atoms with E-state index in [4.69, 9.17) is 11.5 Å². The minimum absolute atomic E-state index is 0.340. The summed E-state index contributed by atoms with van der Waals surface area (Å²) in [5, 5.41) is 0. The maximum absolute atomic E-state index is 13.9. The van der Waals surface area contributed by atoms with Crippen molar-refractivity contribution in [3.8, 4) is 11.8 Å². The van der Waals surface area contributed by atoms with Crippen LogP contribution in [-0.2, 0) is 0 Å². The molecule has 0 radical (unpaired) electrons. The van der Waals surface area contributed by atoms with Crippen LogP contribution in [0.5, 0.6) is 0 Å². The van der Waals surface area contributed by atoms with Gasteiger partial charge in [0.05, 0.1) is 11.3 Å². The fraction of sp³-hybridized carbons (Fsp3) is 0.286. The van der Waals surface area contributed by atoms with E-state index in [0.717, 1.165) is 5.69 Å². The molecule has 0 aliphatic heterocycles. The minimum Gasteiger partial charge on any atom is -0.403 e. The van der Waals surface area contributed by atoms with Crippen molar-refractivity contribution in [1.82, 2.24) is 0 Å². The van der Waals surface area contributed by atoms with Crippen molar-refractivity contribution < 1.29 is 4.39 Å². The maximum atomic E-state index is 13.9. The van der Waals surface area contributed by atoms with Gasteiger partial charge in [-0.05, 0) is 12.1 Å². The first-order valence-electron chi connectivity index (χ1n) is 5.68. The molecular formula is C14H18FN3. The molecule has 1 aromatic carbocycles. The summed E-state index contributed by atoms with van der Waals surface area (Å²) < 4.78 is 13.9. The number of hydrogen-bond donors (Lipinski definition) is 2. The number of halogens is 1. The van der Waals surface area contributed by atoms with Crippen molar-refractivity contribution in [1.29, 1.82) is 0 Å². The van der Waals surface area contributed by atoms with Crippen LogP contribution in [0.4, 0.5) is 10.1 Å². The third-order valence-corrected chi connectivity index (χ3v) is 2.46. The molecule has 0 aliphatic rings. The van der Waals surface area contributed by atoms with Gasteiger partial charge in [0.25, 0.3) is 0 Å². The summed E-state index contributed by atoms with van der Waals surface area (Å²) in [4.78, 5) is 1.85. The van der Waals surface area contributed by atoms with Crippen molar-refractivity contribution in [2.45, 2.75) is 13.3 Å². The molecular weight excluding hydrogens is 229 g/mol. The van der Waals surface area contributed by atoms with Crippen molar-refractivity contribution in [2.75, 3.05) is 19.0 Å². The minimum atomic E-state index is -0.388. The lowest BCUT2D eigenvalue weighted by molar-refractivity contribution is 0.623. The first-order valence-corrected chi connectivity index (χ1v) is 5.68. The molecule has 0 saturated carbocycles. The van der Waals surface area contributed by atoms with E-state index in [2.05, 4.69) is 11.8 Å². The fourth-order valence-electron chi connectivity index (χ4n) is 1.53. The molecule has 0 spiro atoms. The molecule has 0 unspecified atom stereocenters. The van der Waals surface area contributed by atoms with Gasteiger partial charge in [-0.3, -0.25) is 0 Å². The number of nitrogens with zero attached hydrogens (tertiary/aromatic N) is 1. The summed E-state index contributed by atoms with van der Waals surface area (Å²) in [7, 11) is 3.72. The Morgan fingerprint density at radius 1 is 1.44 bits per heavy atom. The zero-order valence-electron chi connectivity index (χ0n) is 10.9. The quantitative estimate of drug-likeness (QED) is 0.784. The Labute approximate surface area is 107 Å². The van der Waals surface area contributed by atoms with Gasteiger partial charge in [0.1, 0.15) is 5.82 Å². The average Bonchev–Trinajstić information content (AvgIpc) is 2.35. The summed E-state index contributed by atoms with van der Waals surface area (Å²) in [6, 6.07) is 3.05. The lowest BCUT2D eigenvalue weighted by atomic mass is 10.1. The Morgan fingerprint density at radius 2 is 2.11 bits per heavy atom. The van der Waals surface area contributed by atoms with Gasteiger partial charge in [0, 0.05) is 38.0 Å². The highest BCUT2D eigenvalue weighted by Gasteiger charge is 2.12. The highest BCUT2D eigenvalue weighted by Crippen LogP contribution is 2.26. The van der Waals surface area contributed by atoms with Crippen LogP contribution in [0, 0.1) is 17.7 Å². The summed E-state index contributed by atoms with van der Waals surface area (Å²) in [6.07, 6.45) is 1.95. The molecule has 0 amide bonds. The summed E-state index contributed by atoms with van der Waals surface area (Å²) in [5.74, 6) is 5.27. The van der Waals surface area contributed by atoms with Crippen molar-refractivity contribution >= 4 is 11.4 Å². The Hall–Kier alpha value is -2.15. The molecule has 0 aliphatic carbocycles. The van der Waals surface area contributed by atoms with E-state index >= 15 is 0 Å². The second kappa shape index (κ2) is 5.97. The van der Waals surface area contributed by atoms with Gasteiger partial charge in [-0.2, -0.15) is 0 Å². The van der Waals surface area contributed by atoms with Gasteiger partial charge in [-0.1, -0.05) is 18.8 Å². The second-order valence-electron chi connectivity index (χ2n) is 4.02. The van der Waals surface area contributed by atoms with Crippen LogP contribution in [0.1, 0.15) is 24.5 Å². The first-order chi connectivity index (χ1) is 8.51. The third-order valence-electron chi connectivity index (χ3n) is 2.46. The molecule has 1 rings (SSSR count). The zero-order chi connectivity index (χ0) is 13.7. The molecule has 0 heterocycles. The molecule has 0 bridgehead atoms. The van der Waals surface area contributed by atoms with Crippen LogP contribution < -0.4 is 16.4 Å². The monoisotopic (exact) mass is 247 g/mol. The van der Waals surface area contributed by atoms with Gasteiger partial charge < -0.3 is 16.4 Å². The standard InChI is InChI=1S/C14H18FN3/c1-4-5-6-10-7-14(18(2)3)11(8-12(10)15)13(17)9-16/h7-9H,4,16-17H2,1-3H3/b13-9-. The third kappa shape index (κ3) is 2.95. The van der Waals surface area contributed by atoms with E-state index in [0.29, 0.717) is 23.2 Å². The van der Waals surface area contributed by atoms with E-state index in [-0.39, 0.29) is 5.82 Å². The SMILES string of the molecule is CCC#Cc1cc(N(C)C)c(/C(N)=C/N)cc1F. The van der Waals surface area contributed by atoms with Gasteiger partial charge in [-0.15, -0.1) is 0 Å². The van der Waals surface area contributed by atoms with Crippen molar-refractivity contribution in [3.05, 3.63) is 35.3 Å². The molecule has 18 heavy (non-hydrogen) atoms. The predicted octanol–water partition coefficient (Wildman–Crippen LogP) is 1.87. The lowest BCUT2D eigenvalue weighted by Gasteiger charge is -2.18. The Kier molecular flexibility index (Phi) is 4.61. The van der Waals surface area contributed by atoms with Crippen LogP contribution in [0.2, 0.25) is 0 Å².